The van der Waals surface area contributed by atoms with E-state index in [1.807, 2.05) is 12.1 Å². The molecular formula is C46H32FN. The minimum absolute atomic E-state index is 0.142. The molecule has 0 atom stereocenters. The van der Waals surface area contributed by atoms with E-state index in [2.05, 4.69) is 152 Å². The number of halogens is 1. The Morgan fingerprint density at radius 1 is 0.375 bits per heavy atom. The summed E-state index contributed by atoms with van der Waals surface area (Å²) in [6, 6.07) is 56.1. The monoisotopic (exact) mass is 617 g/mol. The van der Waals surface area contributed by atoms with Gasteiger partial charge in [0.15, 0.2) is 0 Å². The van der Waals surface area contributed by atoms with Gasteiger partial charge in [-0.15, -0.1) is 0 Å². The number of fused-ring (bicyclic) bond motifs is 13. The molecule has 0 radical (unpaired) electrons. The Balaban J connectivity index is 1.23. The minimum atomic E-state index is -0.439. The van der Waals surface area contributed by atoms with Crippen molar-refractivity contribution >= 4 is 17.1 Å². The zero-order valence-corrected chi connectivity index (χ0v) is 26.8. The topological polar surface area (TPSA) is 3.24 Å². The largest absolute Gasteiger partial charge is 0.310 e. The van der Waals surface area contributed by atoms with Gasteiger partial charge in [0, 0.05) is 22.5 Å². The van der Waals surface area contributed by atoms with Crippen molar-refractivity contribution in [1.29, 1.82) is 0 Å². The Hall–Kier alpha value is -5.73. The standard InChI is InChI=1S/C46H32FN/c1-45(2)39-15-7-3-11-33(39)37-25-23-31(27-43(37)45)48(30-21-19-29(47)20-22-30)32-24-26-38-36-14-6-10-18-42(36)46(44(38)28-32)40-16-8-4-12-34(40)35-13-5-9-17-41(35)46/h3-28H,1-2H3. The summed E-state index contributed by atoms with van der Waals surface area (Å²) in [5.41, 5.74) is 18.0. The number of hydrogen-bond acceptors (Lipinski definition) is 1. The molecule has 0 fully saturated rings. The van der Waals surface area contributed by atoms with E-state index in [1.165, 1.54) is 66.8 Å². The molecule has 0 saturated carbocycles. The second kappa shape index (κ2) is 9.65. The lowest BCUT2D eigenvalue weighted by molar-refractivity contribution is 0.628. The molecule has 1 spiro atoms. The van der Waals surface area contributed by atoms with Crippen molar-refractivity contribution in [2.24, 2.45) is 0 Å². The Morgan fingerprint density at radius 3 is 1.27 bits per heavy atom. The number of benzene rings is 7. The third-order valence-corrected chi connectivity index (χ3v) is 11.1. The first-order valence-corrected chi connectivity index (χ1v) is 16.7. The quantitative estimate of drug-likeness (QED) is 0.191. The molecule has 10 rings (SSSR count). The third kappa shape index (κ3) is 3.44. The van der Waals surface area contributed by atoms with Crippen LogP contribution in [0.1, 0.15) is 47.2 Å². The number of nitrogens with zero attached hydrogens (tertiary/aromatic N) is 1. The summed E-state index contributed by atoms with van der Waals surface area (Å²) in [5, 5.41) is 0. The highest BCUT2D eigenvalue weighted by molar-refractivity contribution is 5.96. The lowest BCUT2D eigenvalue weighted by atomic mass is 9.70. The van der Waals surface area contributed by atoms with Gasteiger partial charge in [0.05, 0.1) is 5.41 Å². The molecule has 0 unspecified atom stereocenters. The van der Waals surface area contributed by atoms with E-state index >= 15 is 0 Å². The fourth-order valence-corrected chi connectivity index (χ4v) is 9.09. The summed E-state index contributed by atoms with van der Waals surface area (Å²) in [7, 11) is 0. The first-order chi connectivity index (χ1) is 23.5. The van der Waals surface area contributed by atoms with E-state index in [9.17, 15) is 4.39 Å². The predicted molar refractivity (Wildman–Crippen MR) is 195 cm³/mol. The lowest BCUT2D eigenvalue weighted by Gasteiger charge is -2.32. The van der Waals surface area contributed by atoms with Crippen molar-refractivity contribution in [2.45, 2.75) is 24.7 Å². The molecular weight excluding hydrogens is 586 g/mol. The van der Waals surface area contributed by atoms with Crippen LogP contribution in [0.5, 0.6) is 0 Å². The summed E-state index contributed by atoms with van der Waals surface area (Å²) in [5.74, 6) is -0.244. The Kier molecular flexibility index (Phi) is 5.51. The zero-order valence-electron chi connectivity index (χ0n) is 26.8. The van der Waals surface area contributed by atoms with Gasteiger partial charge in [-0.05, 0) is 115 Å². The average molecular weight is 618 g/mol. The molecule has 0 amide bonds. The summed E-state index contributed by atoms with van der Waals surface area (Å²) >= 11 is 0. The highest BCUT2D eigenvalue weighted by atomic mass is 19.1. The van der Waals surface area contributed by atoms with Crippen LogP contribution in [-0.2, 0) is 10.8 Å². The van der Waals surface area contributed by atoms with Gasteiger partial charge in [-0.1, -0.05) is 123 Å². The lowest BCUT2D eigenvalue weighted by Crippen LogP contribution is -2.26. The van der Waals surface area contributed by atoms with Crippen LogP contribution < -0.4 is 4.90 Å². The Labute approximate surface area is 280 Å². The predicted octanol–water partition coefficient (Wildman–Crippen LogP) is 11.9. The highest BCUT2D eigenvalue weighted by Crippen LogP contribution is 2.63. The van der Waals surface area contributed by atoms with Crippen LogP contribution in [0, 0.1) is 5.82 Å². The minimum Gasteiger partial charge on any atom is -0.310 e. The van der Waals surface area contributed by atoms with Gasteiger partial charge in [0.2, 0.25) is 0 Å². The van der Waals surface area contributed by atoms with Gasteiger partial charge < -0.3 is 4.90 Å². The number of rotatable bonds is 3. The van der Waals surface area contributed by atoms with Crippen molar-refractivity contribution < 1.29 is 4.39 Å². The summed E-state index contributed by atoms with van der Waals surface area (Å²) in [4.78, 5) is 2.29. The van der Waals surface area contributed by atoms with E-state index in [-0.39, 0.29) is 11.2 Å². The average Bonchev–Trinajstić information content (AvgIpc) is 3.68. The summed E-state index contributed by atoms with van der Waals surface area (Å²) < 4.78 is 14.4. The van der Waals surface area contributed by atoms with E-state index < -0.39 is 5.41 Å². The Bertz CT molecular complexity index is 2390. The first-order valence-electron chi connectivity index (χ1n) is 16.7. The first kappa shape index (κ1) is 27.4. The van der Waals surface area contributed by atoms with Gasteiger partial charge in [0.1, 0.15) is 5.82 Å². The molecule has 0 aromatic heterocycles. The van der Waals surface area contributed by atoms with Gasteiger partial charge in [-0.25, -0.2) is 4.39 Å². The molecule has 0 N–H and O–H groups in total. The second-order valence-electron chi connectivity index (χ2n) is 13.8. The fraction of sp³-hybridized carbons (Fsp3) is 0.0870. The van der Waals surface area contributed by atoms with E-state index in [4.69, 9.17) is 0 Å². The van der Waals surface area contributed by atoms with E-state index in [0.29, 0.717) is 0 Å². The molecule has 0 bridgehead atoms. The van der Waals surface area contributed by atoms with E-state index in [1.54, 1.807) is 12.1 Å². The van der Waals surface area contributed by atoms with Crippen molar-refractivity contribution in [3.63, 3.8) is 0 Å². The fourth-order valence-electron chi connectivity index (χ4n) is 9.09. The van der Waals surface area contributed by atoms with Crippen LogP contribution in [0.15, 0.2) is 158 Å². The molecule has 1 nitrogen and oxygen atoms in total. The van der Waals surface area contributed by atoms with Crippen LogP contribution in [0.4, 0.5) is 21.5 Å². The van der Waals surface area contributed by atoms with Gasteiger partial charge in [-0.3, -0.25) is 0 Å². The van der Waals surface area contributed by atoms with Crippen LogP contribution in [-0.4, -0.2) is 0 Å². The molecule has 2 heteroatoms. The molecule has 3 aliphatic rings. The van der Waals surface area contributed by atoms with Gasteiger partial charge >= 0.3 is 0 Å². The maximum absolute atomic E-state index is 14.4. The number of hydrogen-bond donors (Lipinski definition) is 0. The van der Waals surface area contributed by atoms with E-state index in [0.717, 1.165) is 17.1 Å². The molecule has 7 aromatic carbocycles. The smallest absolute Gasteiger partial charge is 0.123 e. The normalized spacial score (nSPS) is 14.9. The molecule has 7 aromatic rings. The number of anilines is 3. The summed E-state index contributed by atoms with van der Waals surface area (Å²) in [6.45, 7) is 4.63. The zero-order chi connectivity index (χ0) is 32.2. The maximum Gasteiger partial charge on any atom is 0.123 e. The van der Waals surface area contributed by atoms with Crippen LogP contribution >= 0.6 is 0 Å². The molecule has 228 valence electrons. The maximum atomic E-state index is 14.4. The third-order valence-electron chi connectivity index (χ3n) is 11.1. The SMILES string of the molecule is CC1(C)c2ccccc2-c2ccc(N(c3ccc(F)cc3)c3ccc4c(c3)C3(c5ccccc5-c5ccccc53)c3ccccc3-4)cc21. The van der Waals surface area contributed by atoms with Crippen molar-refractivity contribution in [2.75, 3.05) is 4.90 Å². The van der Waals surface area contributed by atoms with Crippen molar-refractivity contribution in [3.05, 3.63) is 197 Å². The molecule has 48 heavy (non-hydrogen) atoms. The highest BCUT2D eigenvalue weighted by Gasteiger charge is 2.51. The van der Waals surface area contributed by atoms with Gasteiger partial charge in [-0.2, -0.15) is 0 Å². The second-order valence-corrected chi connectivity index (χ2v) is 13.8. The van der Waals surface area contributed by atoms with Crippen molar-refractivity contribution in [1.82, 2.24) is 0 Å². The van der Waals surface area contributed by atoms with Crippen LogP contribution in [0.3, 0.4) is 0 Å². The molecule has 0 aliphatic heterocycles. The summed E-state index contributed by atoms with van der Waals surface area (Å²) in [6.07, 6.45) is 0. The van der Waals surface area contributed by atoms with Crippen LogP contribution in [0.2, 0.25) is 0 Å². The molecule has 3 aliphatic carbocycles. The van der Waals surface area contributed by atoms with Crippen molar-refractivity contribution in [3.8, 4) is 33.4 Å². The van der Waals surface area contributed by atoms with Crippen LogP contribution in [0.25, 0.3) is 33.4 Å². The van der Waals surface area contributed by atoms with Gasteiger partial charge in [0.25, 0.3) is 0 Å². The molecule has 0 heterocycles. The Morgan fingerprint density at radius 2 is 0.750 bits per heavy atom. The molecule has 0 saturated heterocycles.